The Bertz CT molecular complexity index is 624. The molecule has 0 fully saturated rings. The second kappa shape index (κ2) is 5.57. The van der Waals surface area contributed by atoms with Crippen LogP contribution in [0, 0.1) is 0 Å². The van der Waals surface area contributed by atoms with Crippen LogP contribution in [0.5, 0.6) is 0 Å². The van der Waals surface area contributed by atoms with Crippen molar-refractivity contribution in [3.63, 3.8) is 0 Å². The van der Waals surface area contributed by atoms with E-state index in [1.54, 1.807) is 0 Å². The van der Waals surface area contributed by atoms with Crippen LogP contribution in [-0.4, -0.2) is 19.0 Å². The van der Waals surface area contributed by atoms with Crippen LogP contribution < -0.4 is 0 Å². The second-order valence-corrected chi connectivity index (χ2v) is 5.41. The van der Waals surface area contributed by atoms with Crippen LogP contribution in [0.3, 0.4) is 0 Å². The van der Waals surface area contributed by atoms with Gasteiger partial charge in [0.2, 0.25) is 0 Å². The van der Waals surface area contributed by atoms with Gasteiger partial charge in [0.25, 0.3) is 5.22 Å². The molecule has 0 spiro atoms. The third-order valence-corrected chi connectivity index (χ3v) is 3.94. The van der Waals surface area contributed by atoms with Gasteiger partial charge in [-0.1, -0.05) is 0 Å². The molecule has 0 saturated carbocycles. The molecule has 0 bridgehead atoms. The molecule has 10 heteroatoms. The first-order valence-electron chi connectivity index (χ1n) is 5.30. The molecular weight excluding hydrogens is 319 g/mol. The molecule has 2 aromatic heterocycles. The Balaban J connectivity index is 2.42. The Morgan fingerprint density at radius 1 is 1.50 bits per heavy atom. The zero-order valence-corrected chi connectivity index (χ0v) is 11.7. The highest BCUT2D eigenvalue weighted by Crippen LogP contribution is 2.34. The van der Waals surface area contributed by atoms with Gasteiger partial charge in [0.15, 0.2) is 5.69 Å². The molecule has 0 amide bonds. The van der Waals surface area contributed by atoms with E-state index >= 15 is 0 Å². The van der Waals surface area contributed by atoms with Crippen molar-refractivity contribution in [3.05, 3.63) is 29.4 Å². The highest BCUT2D eigenvalue weighted by Gasteiger charge is 2.39. The highest BCUT2D eigenvalue weighted by atomic mass is 35.5. The first-order valence-corrected chi connectivity index (χ1v) is 7.15. The zero-order valence-electron chi connectivity index (χ0n) is 10.1. The summed E-state index contributed by atoms with van der Waals surface area (Å²) in [6.45, 7) is 0. The fraction of sp³-hybridized carbons (Fsp3) is 0.400. The summed E-state index contributed by atoms with van der Waals surface area (Å²) in [5, 5.41) is 3.27. The van der Waals surface area contributed by atoms with Gasteiger partial charge in [0.05, 0.1) is 23.5 Å². The SMILES string of the molecule is Cn1nc(C(F)(F)F)c(CS(=O)c2ncco2)c1CCl. The Kier molecular flexibility index (Phi) is 4.19. The van der Waals surface area contributed by atoms with Crippen molar-refractivity contribution in [1.82, 2.24) is 14.8 Å². The summed E-state index contributed by atoms with van der Waals surface area (Å²) in [7, 11) is -0.485. The summed E-state index contributed by atoms with van der Waals surface area (Å²) in [5.41, 5.74) is -1.12. The summed E-state index contributed by atoms with van der Waals surface area (Å²) >= 11 is 5.64. The molecule has 0 aliphatic carbocycles. The second-order valence-electron chi connectivity index (χ2n) is 3.82. The monoisotopic (exact) mass is 327 g/mol. The van der Waals surface area contributed by atoms with Crippen LogP contribution in [0.1, 0.15) is 17.0 Å². The Labute approximate surface area is 119 Å². The maximum Gasteiger partial charge on any atom is 0.435 e. The van der Waals surface area contributed by atoms with Gasteiger partial charge in [-0.15, -0.1) is 11.6 Å². The number of hydrogen-bond acceptors (Lipinski definition) is 4. The van der Waals surface area contributed by atoms with Gasteiger partial charge in [0.1, 0.15) is 17.1 Å². The van der Waals surface area contributed by atoms with Gasteiger partial charge < -0.3 is 4.42 Å². The number of oxazole rings is 1. The topological polar surface area (TPSA) is 60.9 Å². The first-order chi connectivity index (χ1) is 9.34. The standard InChI is InChI=1S/C10H9ClF3N3O2S/c1-17-7(4-11)6(8(16-17)10(12,13)14)5-20(18)9-15-2-3-19-9/h2-3H,4-5H2,1H3. The number of halogens is 4. The molecule has 110 valence electrons. The normalized spacial score (nSPS) is 13.7. The minimum Gasteiger partial charge on any atom is -0.438 e. The largest absolute Gasteiger partial charge is 0.438 e. The van der Waals surface area contributed by atoms with E-state index in [4.69, 9.17) is 16.0 Å². The van der Waals surface area contributed by atoms with Gasteiger partial charge >= 0.3 is 6.18 Å². The van der Waals surface area contributed by atoms with E-state index in [0.717, 1.165) is 4.68 Å². The van der Waals surface area contributed by atoms with Crippen molar-refractivity contribution in [1.29, 1.82) is 0 Å². The van der Waals surface area contributed by atoms with Gasteiger partial charge in [-0.3, -0.25) is 4.68 Å². The van der Waals surface area contributed by atoms with E-state index in [1.165, 1.54) is 19.5 Å². The molecule has 2 aromatic rings. The summed E-state index contributed by atoms with van der Waals surface area (Å²) < 4.78 is 56.5. The fourth-order valence-electron chi connectivity index (χ4n) is 1.66. The van der Waals surface area contributed by atoms with Gasteiger partial charge in [0, 0.05) is 12.6 Å². The number of hydrogen-bond donors (Lipinski definition) is 0. The summed E-state index contributed by atoms with van der Waals surface area (Å²) in [5.74, 6) is -0.580. The predicted molar refractivity (Wildman–Crippen MR) is 64.4 cm³/mol. The van der Waals surface area contributed by atoms with Crippen LogP contribution in [0.4, 0.5) is 13.2 Å². The predicted octanol–water partition coefficient (Wildman–Crippen LogP) is 2.47. The van der Waals surface area contributed by atoms with Crippen molar-refractivity contribution in [2.75, 3.05) is 0 Å². The summed E-state index contributed by atoms with van der Waals surface area (Å²) in [6.07, 6.45) is -2.18. The molecule has 5 nitrogen and oxygen atoms in total. The van der Waals surface area contributed by atoms with Crippen molar-refractivity contribution < 1.29 is 21.8 Å². The molecule has 0 aliphatic heterocycles. The molecule has 0 N–H and O–H groups in total. The average molecular weight is 328 g/mol. The van der Waals surface area contributed by atoms with Crippen molar-refractivity contribution >= 4 is 22.4 Å². The van der Waals surface area contributed by atoms with Crippen LogP contribution in [0.15, 0.2) is 22.1 Å². The van der Waals surface area contributed by atoms with Crippen molar-refractivity contribution in [3.8, 4) is 0 Å². The van der Waals surface area contributed by atoms with Crippen molar-refractivity contribution in [2.45, 2.75) is 23.0 Å². The van der Waals surface area contributed by atoms with E-state index in [1.807, 2.05) is 0 Å². The van der Waals surface area contributed by atoms with Gasteiger partial charge in [-0.2, -0.15) is 18.3 Å². The smallest absolute Gasteiger partial charge is 0.435 e. The fourth-order valence-corrected chi connectivity index (χ4v) is 3.03. The molecule has 0 aliphatic rings. The molecular formula is C10H9ClF3N3O2S. The summed E-state index contributed by atoms with van der Waals surface area (Å²) in [4.78, 5) is 3.66. The highest BCUT2D eigenvalue weighted by molar-refractivity contribution is 7.84. The lowest BCUT2D eigenvalue weighted by molar-refractivity contribution is -0.141. The average Bonchev–Trinajstić information content (AvgIpc) is 2.96. The van der Waals surface area contributed by atoms with Crippen LogP contribution >= 0.6 is 11.6 Å². The molecule has 1 unspecified atom stereocenters. The summed E-state index contributed by atoms with van der Waals surface area (Å²) in [6, 6.07) is 0. The molecule has 0 radical (unpaired) electrons. The maximum atomic E-state index is 12.9. The minimum atomic E-state index is -4.64. The van der Waals surface area contributed by atoms with Gasteiger partial charge in [-0.25, -0.2) is 9.19 Å². The first kappa shape index (κ1) is 15.0. The third kappa shape index (κ3) is 2.88. The minimum absolute atomic E-state index is 0.137. The number of rotatable bonds is 4. The number of alkyl halides is 4. The number of aromatic nitrogens is 3. The van der Waals surface area contributed by atoms with Crippen LogP contribution in [0.2, 0.25) is 0 Å². The number of nitrogens with zero attached hydrogens (tertiary/aromatic N) is 3. The van der Waals surface area contributed by atoms with E-state index in [-0.39, 0.29) is 22.4 Å². The lowest BCUT2D eigenvalue weighted by atomic mass is 10.2. The van der Waals surface area contributed by atoms with E-state index in [2.05, 4.69) is 10.1 Å². The number of aryl methyl sites for hydroxylation is 1. The quantitative estimate of drug-likeness (QED) is 0.809. The molecule has 0 aromatic carbocycles. The molecule has 1 atom stereocenters. The van der Waals surface area contributed by atoms with Crippen LogP contribution in [0.25, 0.3) is 0 Å². The third-order valence-electron chi connectivity index (χ3n) is 2.55. The maximum absolute atomic E-state index is 12.9. The van der Waals surface area contributed by atoms with E-state index in [9.17, 15) is 17.4 Å². The molecule has 0 saturated heterocycles. The Morgan fingerprint density at radius 2 is 2.20 bits per heavy atom. The Hall–Kier alpha value is -1.35. The van der Waals surface area contributed by atoms with E-state index in [0.29, 0.717) is 0 Å². The molecule has 20 heavy (non-hydrogen) atoms. The van der Waals surface area contributed by atoms with Gasteiger partial charge in [-0.05, 0) is 0 Å². The lowest BCUT2D eigenvalue weighted by Gasteiger charge is -2.06. The molecule has 2 heterocycles. The zero-order chi connectivity index (χ0) is 14.9. The van der Waals surface area contributed by atoms with Crippen LogP contribution in [-0.2, 0) is 35.7 Å². The Morgan fingerprint density at radius 3 is 2.70 bits per heavy atom. The van der Waals surface area contributed by atoms with Crippen molar-refractivity contribution in [2.24, 2.45) is 7.05 Å². The molecule has 2 rings (SSSR count). The van der Waals surface area contributed by atoms with E-state index < -0.39 is 28.4 Å². The lowest BCUT2D eigenvalue weighted by Crippen LogP contribution is -2.11.